The molecule has 4 heteroatoms. The Labute approximate surface area is 145 Å². The van der Waals surface area contributed by atoms with Crippen LogP contribution in [0.5, 0.6) is 0 Å². The minimum absolute atomic E-state index is 0.268. The summed E-state index contributed by atoms with van der Waals surface area (Å²) in [6, 6.07) is 10.1. The van der Waals surface area contributed by atoms with E-state index in [-0.39, 0.29) is 12.1 Å². The highest BCUT2D eigenvalue weighted by Crippen LogP contribution is 2.26. The van der Waals surface area contributed by atoms with Gasteiger partial charge in [0, 0.05) is 12.6 Å². The fourth-order valence-corrected chi connectivity index (χ4v) is 4.01. The monoisotopic (exact) mass is 330 g/mol. The van der Waals surface area contributed by atoms with Crippen molar-refractivity contribution in [1.29, 1.82) is 0 Å². The zero-order valence-electron chi connectivity index (χ0n) is 14.6. The number of hydrogen-bond acceptors (Lipinski definition) is 3. The molecule has 1 unspecified atom stereocenters. The van der Waals surface area contributed by atoms with Gasteiger partial charge in [-0.1, -0.05) is 49.6 Å². The molecule has 3 rings (SSSR count). The van der Waals surface area contributed by atoms with E-state index in [9.17, 15) is 4.79 Å². The number of likely N-dealkylation sites (tertiary alicyclic amines) is 1. The third-order valence-corrected chi connectivity index (χ3v) is 5.37. The molecular weight excluding hydrogens is 300 g/mol. The summed E-state index contributed by atoms with van der Waals surface area (Å²) in [6.07, 6.45) is 8.55. The van der Waals surface area contributed by atoms with Gasteiger partial charge in [-0.25, -0.2) is 4.79 Å². The van der Waals surface area contributed by atoms with E-state index in [1.807, 2.05) is 30.3 Å². The molecular formula is C20H30N2O2. The van der Waals surface area contributed by atoms with Crippen LogP contribution in [0.25, 0.3) is 0 Å². The van der Waals surface area contributed by atoms with Crippen molar-refractivity contribution in [3.63, 3.8) is 0 Å². The lowest BCUT2D eigenvalue weighted by Crippen LogP contribution is -2.47. The Morgan fingerprint density at radius 1 is 1.04 bits per heavy atom. The van der Waals surface area contributed by atoms with E-state index in [4.69, 9.17) is 4.74 Å². The van der Waals surface area contributed by atoms with Crippen molar-refractivity contribution in [1.82, 2.24) is 10.2 Å². The number of piperidine rings is 1. The van der Waals surface area contributed by atoms with E-state index >= 15 is 0 Å². The van der Waals surface area contributed by atoms with Crippen molar-refractivity contribution in [2.45, 2.75) is 57.6 Å². The average Bonchev–Trinajstić information content (AvgIpc) is 2.63. The second-order valence-electron chi connectivity index (χ2n) is 7.22. The first-order valence-corrected chi connectivity index (χ1v) is 9.51. The molecule has 1 saturated carbocycles. The van der Waals surface area contributed by atoms with E-state index in [0.29, 0.717) is 12.5 Å². The molecule has 132 valence electrons. The summed E-state index contributed by atoms with van der Waals surface area (Å²) in [6.45, 7) is 3.92. The maximum absolute atomic E-state index is 12.2. The molecule has 0 aromatic heterocycles. The Morgan fingerprint density at radius 3 is 2.58 bits per heavy atom. The third kappa shape index (κ3) is 5.23. The van der Waals surface area contributed by atoms with E-state index in [2.05, 4.69) is 10.2 Å². The van der Waals surface area contributed by atoms with Crippen LogP contribution in [0.1, 0.15) is 50.5 Å². The first kappa shape index (κ1) is 17.3. The molecule has 2 aliphatic rings. The van der Waals surface area contributed by atoms with Gasteiger partial charge in [0.05, 0.1) is 0 Å². The van der Waals surface area contributed by atoms with Crippen molar-refractivity contribution >= 4 is 6.09 Å². The van der Waals surface area contributed by atoms with Crippen LogP contribution in [0.4, 0.5) is 4.79 Å². The van der Waals surface area contributed by atoms with Gasteiger partial charge in [-0.05, 0) is 50.3 Å². The second-order valence-corrected chi connectivity index (χ2v) is 7.22. The molecule has 1 saturated heterocycles. The Bertz CT molecular complexity index is 500. The maximum Gasteiger partial charge on any atom is 0.407 e. The molecule has 2 fully saturated rings. The summed E-state index contributed by atoms with van der Waals surface area (Å²) >= 11 is 0. The number of nitrogens with one attached hydrogen (secondary N) is 1. The Kier molecular flexibility index (Phi) is 6.53. The quantitative estimate of drug-likeness (QED) is 0.888. The SMILES string of the molecule is O=C(NC1CCCC[C@@H]1CN1CCCCC1)OCc1ccccc1. The van der Waals surface area contributed by atoms with Crippen LogP contribution in [0.2, 0.25) is 0 Å². The van der Waals surface area contributed by atoms with Gasteiger partial charge < -0.3 is 15.0 Å². The number of alkyl carbamates (subject to hydrolysis) is 1. The van der Waals surface area contributed by atoms with Crippen LogP contribution in [-0.4, -0.2) is 36.7 Å². The standard InChI is InChI=1S/C20H30N2O2/c23-20(24-16-17-9-3-1-4-10-17)21-19-12-6-5-11-18(19)15-22-13-7-2-8-14-22/h1,3-4,9-10,18-19H,2,5-8,11-16H2,(H,21,23)/t18-,19?/m1/s1. The summed E-state index contributed by atoms with van der Waals surface area (Å²) in [5.41, 5.74) is 1.03. The molecule has 0 spiro atoms. The van der Waals surface area contributed by atoms with E-state index in [1.165, 1.54) is 51.6 Å². The van der Waals surface area contributed by atoms with Crippen LogP contribution in [0.15, 0.2) is 30.3 Å². The number of hydrogen-bond donors (Lipinski definition) is 1. The molecule has 1 aliphatic carbocycles. The summed E-state index contributed by atoms with van der Waals surface area (Å²) < 4.78 is 5.41. The summed E-state index contributed by atoms with van der Waals surface area (Å²) in [5.74, 6) is 0.570. The molecule has 4 nitrogen and oxygen atoms in total. The predicted molar refractivity (Wildman–Crippen MR) is 95.8 cm³/mol. The fourth-order valence-electron chi connectivity index (χ4n) is 4.01. The average molecular weight is 330 g/mol. The van der Waals surface area contributed by atoms with Gasteiger partial charge in [-0.3, -0.25) is 0 Å². The highest BCUT2D eigenvalue weighted by molar-refractivity contribution is 5.67. The van der Waals surface area contributed by atoms with E-state index < -0.39 is 0 Å². The van der Waals surface area contributed by atoms with Crippen molar-refractivity contribution < 1.29 is 9.53 Å². The van der Waals surface area contributed by atoms with E-state index in [1.54, 1.807) is 0 Å². The number of rotatable bonds is 5. The van der Waals surface area contributed by atoms with Gasteiger partial charge >= 0.3 is 6.09 Å². The predicted octanol–water partition coefficient (Wildman–Crippen LogP) is 3.96. The highest BCUT2D eigenvalue weighted by Gasteiger charge is 2.28. The minimum Gasteiger partial charge on any atom is -0.445 e. The number of nitrogens with zero attached hydrogens (tertiary/aromatic N) is 1. The van der Waals surface area contributed by atoms with Crippen molar-refractivity contribution in [2.75, 3.05) is 19.6 Å². The zero-order valence-corrected chi connectivity index (χ0v) is 14.6. The van der Waals surface area contributed by atoms with Gasteiger partial charge in [0.2, 0.25) is 0 Å². The molecule has 24 heavy (non-hydrogen) atoms. The molecule has 0 bridgehead atoms. The molecule has 1 aliphatic heterocycles. The van der Waals surface area contributed by atoms with Gasteiger partial charge in [0.15, 0.2) is 0 Å². The van der Waals surface area contributed by atoms with Crippen molar-refractivity contribution in [3.8, 4) is 0 Å². The Hall–Kier alpha value is -1.55. The number of ether oxygens (including phenoxy) is 1. The minimum atomic E-state index is -0.269. The number of benzene rings is 1. The van der Waals surface area contributed by atoms with Gasteiger partial charge in [-0.15, -0.1) is 0 Å². The summed E-state index contributed by atoms with van der Waals surface area (Å²) in [7, 11) is 0. The topological polar surface area (TPSA) is 41.6 Å². The zero-order chi connectivity index (χ0) is 16.6. The summed E-state index contributed by atoms with van der Waals surface area (Å²) in [5, 5.41) is 3.14. The van der Waals surface area contributed by atoms with Crippen LogP contribution in [0.3, 0.4) is 0 Å². The fraction of sp³-hybridized carbons (Fsp3) is 0.650. The lowest BCUT2D eigenvalue weighted by Gasteiger charge is -2.37. The Morgan fingerprint density at radius 2 is 1.79 bits per heavy atom. The smallest absolute Gasteiger partial charge is 0.407 e. The van der Waals surface area contributed by atoms with Crippen molar-refractivity contribution in [2.24, 2.45) is 5.92 Å². The lowest BCUT2D eigenvalue weighted by molar-refractivity contribution is 0.114. The molecule has 1 aromatic rings. The molecule has 0 radical (unpaired) electrons. The number of carbonyl (C=O) groups is 1. The molecule has 1 heterocycles. The molecule has 2 atom stereocenters. The molecule has 1 N–H and O–H groups in total. The largest absolute Gasteiger partial charge is 0.445 e. The van der Waals surface area contributed by atoms with Gasteiger partial charge in [0.25, 0.3) is 0 Å². The van der Waals surface area contributed by atoms with Gasteiger partial charge in [-0.2, -0.15) is 0 Å². The normalized spacial score (nSPS) is 25.2. The third-order valence-electron chi connectivity index (χ3n) is 5.37. The number of amides is 1. The maximum atomic E-state index is 12.2. The molecule has 1 aromatic carbocycles. The first-order chi connectivity index (χ1) is 11.8. The first-order valence-electron chi connectivity index (χ1n) is 9.51. The van der Waals surface area contributed by atoms with Crippen molar-refractivity contribution in [3.05, 3.63) is 35.9 Å². The number of carbonyl (C=O) groups excluding carboxylic acids is 1. The van der Waals surface area contributed by atoms with Crippen LogP contribution < -0.4 is 5.32 Å². The lowest BCUT2D eigenvalue weighted by atomic mass is 9.84. The highest BCUT2D eigenvalue weighted by atomic mass is 16.5. The van der Waals surface area contributed by atoms with Crippen LogP contribution >= 0.6 is 0 Å². The molecule has 1 amide bonds. The van der Waals surface area contributed by atoms with Crippen LogP contribution in [-0.2, 0) is 11.3 Å². The van der Waals surface area contributed by atoms with Crippen LogP contribution in [0, 0.1) is 5.92 Å². The van der Waals surface area contributed by atoms with Gasteiger partial charge in [0.1, 0.15) is 6.61 Å². The second kappa shape index (κ2) is 9.07. The Balaban J connectivity index is 1.46. The van der Waals surface area contributed by atoms with E-state index in [0.717, 1.165) is 18.5 Å². The summed E-state index contributed by atoms with van der Waals surface area (Å²) in [4.78, 5) is 14.8.